The zero-order chi connectivity index (χ0) is 21.0. The summed E-state index contributed by atoms with van der Waals surface area (Å²) in [5.74, 6) is -4.96. The summed E-state index contributed by atoms with van der Waals surface area (Å²) >= 11 is 0. The highest BCUT2D eigenvalue weighted by Crippen LogP contribution is 2.57. The molecule has 2 atom stereocenters. The number of anilines is 1. The van der Waals surface area contributed by atoms with E-state index in [4.69, 9.17) is 15.2 Å². The summed E-state index contributed by atoms with van der Waals surface area (Å²) in [6.07, 6.45) is -4.83. The van der Waals surface area contributed by atoms with Crippen molar-refractivity contribution in [3.05, 3.63) is 65.2 Å². The second-order valence-corrected chi connectivity index (χ2v) is 6.75. The Kier molecular flexibility index (Phi) is 4.38. The molecule has 2 aromatic carbocycles. The molecule has 4 rings (SSSR count). The summed E-state index contributed by atoms with van der Waals surface area (Å²) in [6, 6.07) is 9.91. The quantitative estimate of drug-likeness (QED) is 0.506. The van der Waals surface area contributed by atoms with Gasteiger partial charge in [0.2, 0.25) is 0 Å². The number of hydrogen-bond acceptors (Lipinski definition) is 4. The molecule has 152 valence electrons. The lowest BCUT2D eigenvalue weighted by atomic mass is 9.79. The van der Waals surface area contributed by atoms with Gasteiger partial charge < -0.3 is 15.2 Å². The summed E-state index contributed by atoms with van der Waals surface area (Å²) in [6.45, 7) is -0.688. The minimum Gasteiger partial charge on any atom is -0.491 e. The van der Waals surface area contributed by atoms with Gasteiger partial charge in [0.05, 0.1) is 25.2 Å². The van der Waals surface area contributed by atoms with E-state index in [0.717, 1.165) is 19.2 Å². The fourth-order valence-electron chi connectivity index (χ4n) is 3.58. The number of alkyl halides is 3. The van der Waals surface area contributed by atoms with Crippen molar-refractivity contribution in [1.82, 2.24) is 4.98 Å². The van der Waals surface area contributed by atoms with E-state index in [0.29, 0.717) is 10.9 Å². The number of rotatable bonds is 4. The molecule has 29 heavy (non-hydrogen) atoms. The molecular weight excluding hydrogens is 395 g/mol. The average molecular weight is 410 g/mol. The molecule has 9 heteroatoms. The van der Waals surface area contributed by atoms with Crippen LogP contribution in [-0.4, -0.2) is 30.5 Å². The number of hydrogen-bond donors (Lipinski definition) is 1. The summed E-state index contributed by atoms with van der Waals surface area (Å²) in [4.78, 5) is 4.16. The molecule has 1 saturated heterocycles. The highest BCUT2D eigenvalue weighted by molar-refractivity contribution is 5.82. The molecule has 1 fully saturated rings. The van der Waals surface area contributed by atoms with Crippen LogP contribution in [0.3, 0.4) is 0 Å². The van der Waals surface area contributed by atoms with Gasteiger partial charge in [-0.1, -0.05) is 24.3 Å². The second kappa shape index (κ2) is 6.55. The second-order valence-electron chi connectivity index (χ2n) is 6.75. The molecular formula is C20H15F5N2O2. The van der Waals surface area contributed by atoms with Crippen molar-refractivity contribution in [2.75, 3.05) is 19.5 Å². The summed E-state index contributed by atoms with van der Waals surface area (Å²) < 4.78 is 80.3. The first-order valence-electron chi connectivity index (χ1n) is 8.57. The number of benzene rings is 2. The lowest BCUT2D eigenvalue weighted by Gasteiger charge is -2.28. The Labute approximate surface area is 162 Å². The van der Waals surface area contributed by atoms with E-state index in [9.17, 15) is 17.6 Å². The number of epoxide rings is 1. The fraction of sp³-hybridized carbons (Fsp3) is 0.250. The van der Waals surface area contributed by atoms with Crippen molar-refractivity contribution in [3.63, 3.8) is 0 Å². The molecule has 3 aromatic rings. The maximum atomic E-state index is 15.0. The number of nitrogens with two attached hydrogens (primary N) is 1. The Morgan fingerprint density at radius 2 is 1.83 bits per heavy atom. The molecule has 1 aliphatic heterocycles. The standard InChI is InChI=1S/C20H15F5N2O2/c1-28-17-13(21)7-6-11(16(17)22)15(19(9-29-19)20(23,24)25)12-8-10-4-2-3-5-14(10)27-18(12)26/h2-8,15H,9H2,1H3,(H2,26,27). The van der Waals surface area contributed by atoms with Crippen molar-refractivity contribution < 1.29 is 31.4 Å². The maximum absolute atomic E-state index is 15.0. The Morgan fingerprint density at radius 1 is 1.14 bits per heavy atom. The van der Waals surface area contributed by atoms with Gasteiger partial charge in [0, 0.05) is 16.5 Å². The first kappa shape index (κ1) is 19.4. The summed E-state index contributed by atoms with van der Waals surface area (Å²) in [7, 11) is 1.03. The molecule has 2 N–H and O–H groups in total. The molecule has 1 aliphatic rings. The first-order valence-corrected chi connectivity index (χ1v) is 8.57. The van der Waals surface area contributed by atoms with Crippen LogP contribution in [0.4, 0.5) is 27.8 Å². The molecule has 2 unspecified atom stereocenters. The number of pyridine rings is 1. The minimum absolute atomic E-state index is 0.0638. The molecule has 1 aromatic heterocycles. The molecule has 0 bridgehead atoms. The van der Waals surface area contributed by atoms with E-state index in [1.165, 1.54) is 6.07 Å². The Bertz CT molecular complexity index is 1100. The van der Waals surface area contributed by atoms with Gasteiger partial charge in [-0.3, -0.25) is 0 Å². The number of para-hydroxylation sites is 1. The Balaban J connectivity index is 2.01. The predicted octanol–water partition coefficient (Wildman–Crippen LogP) is 4.57. The number of nitrogen functional groups attached to an aromatic ring is 1. The van der Waals surface area contributed by atoms with Crippen LogP contribution in [0.25, 0.3) is 10.9 Å². The third-order valence-electron chi connectivity index (χ3n) is 5.09. The molecule has 0 saturated carbocycles. The summed E-state index contributed by atoms with van der Waals surface area (Å²) in [5, 5.41) is 0.522. The molecule has 2 heterocycles. The third-order valence-corrected chi connectivity index (χ3v) is 5.09. The average Bonchev–Trinajstić information content (AvgIpc) is 3.46. The van der Waals surface area contributed by atoms with E-state index in [-0.39, 0.29) is 11.4 Å². The van der Waals surface area contributed by atoms with Crippen LogP contribution in [0.2, 0.25) is 0 Å². The first-order chi connectivity index (χ1) is 13.7. The number of aromatic nitrogens is 1. The minimum atomic E-state index is -4.83. The highest BCUT2D eigenvalue weighted by atomic mass is 19.4. The number of halogens is 5. The van der Waals surface area contributed by atoms with Gasteiger partial charge >= 0.3 is 6.18 Å². The highest BCUT2D eigenvalue weighted by Gasteiger charge is 2.71. The zero-order valence-corrected chi connectivity index (χ0v) is 15.1. The Morgan fingerprint density at radius 3 is 2.45 bits per heavy atom. The van der Waals surface area contributed by atoms with Gasteiger partial charge in [-0.15, -0.1) is 0 Å². The predicted molar refractivity (Wildman–Crippen MR) is 95.6 cm³/mol. The van der Waals surface area contributed by atoms with Crippen molar-refractivity contribution >= 4 is 16.7 Å². The van der Waals surface area contributed by atoms with E-state index >= 15 is 4.39 Å². The van der Waals surface area contributed by atoms with Gasteiger partial charge in [0.15, 0.2) is 23.0 Å². The topological polar surface area (TPSA) is 60.7 Å². The van der Waals surface area contributed by atoms with Crippen LogP contribution in [0, 0.1) is 11.6 Å². The van der Waals surface area contributed by atoms with Crippen LogP contribution in [-0.2, 0) is 4.74 Å². The maximum Gasteiger partial charge on any atom is 0.420 e. The van der Waals surface area contributed by atoms with Gasteiger partial charge in [0.1, 0.15) is 5.82 Å². The van der Waals surface area contributed by atoms with Gasteiger partial charge in [-0.2, -0.15) is 13.2 Å². The zero-order valence-electron chi connectivity index (χ0n) is 15.1. The van der Waals surface area contributed by atoms with Gasteiger partial charge in [-0.05, 0) is 18.2 Å². The lowest BCUT2D eigenvalue weighted by molar-refractivity contribution is -0.187. The molecule has 0 radical (unpaired) electrons. The Hall–Kier alpha value is -2.94. The van der Waals surface area contributed by atoms with E-state index in [2.05, 4.69) is 4.98 Å². The van der Waals surface area contributed by atoms with Crippen LogP contribution in [0.15, 0.2) is 42.5 Å². The van der Waals surface area contributed by atoms with E-state index in [1.54, 1.807) is 24.3 Å². The molecule has 0 amide bonds. The van der Waals surface area contributed by atoms with E-state index < -0.39 is 47.2 Å². The number of ether oxygens (including phenoxy) is 2. The summed E-state index contributed by atoms with van der Waals surface area (Å²) in [5.41, 5.74) is 3.25. The molecule has 0 aliphatic carbocycles. The van der Waals surface area contributed by atoms with Gasteiger partial charge in [-0.25, -0.2) is 13.8 Å². The molecule has 4 nitrogen and oxygen atoms in total. The largest absolute Gasteiger partial charge is 0.491 e. The van der Waals surface area contributed by atoms with Crippen molar-refractivity contribution in [2.24, 2.45) is 0 Å². The van der Waals surface area contributed by atoms with E-state index in [1.807, 2.05) is 0 Å². The smallest absolute Gasteiger partial charge is 0.420 e. The monoisotopic (exact) mass is 410 g/mol. The fourth-order valence-corrected chi connectivity index (χ4v) is 3.58. The normalized spacial score (nSPS) is 19.9. The SMILES string of the molecule is COc1c(F)ccc(C(c2cc3ccccc3nc2N)C2(C(F)(F)F)CO2)c1F. The van der Waals surface area contributed by atoms with Crippen molar-refractivity contribution in [2.45, 2.75) is 17.7 Å². The van der Waals surface area contributed by atoms with Gasteiger partial charge in [0.25, 0.3) is 0 Å². The van der Waals surface area contributed by atoms with Crippen molar-refractivity contribution in [3.8, 4) is 5.75 Å². The van der Waals surface area contributed by atoms with Crippen LogP contribution < -0.4 is 10.5 Å². The van der Waals surface area contributed by atoms with Crippen LogP contribution >= 0.6 is 0 Å². The number of methoxy groups -OCH3 is 1. The lowest BCUT2D eigenvalue weighted by Crippen LogP contribution is -2.40. The molecule has 0 spiro atoms. The van der Waals surface area contributed by atoms with Crippen molar-refractivity contribution in [1.29, 1.82) is 0 Å². The number of fused-ring (bicyclic) bond motifs is 1. The van der Waals surface area contributed by atoms with Crippen LogP contribution in [0.1, 0.15) is 17.0 Å². The third kappa shape index (κ3) is 2.96. The number of nitrogens with zero attached hydrogens (tertiary/aromatic N) is 1. The van der Waals surface area contributed by atoms with Crippen LogP contribution in [0.5, 0.6) is 5.75 Å².